The lowest BCUT2D eigenvalue weighted by atomic mass is 10.0. The molecule has 0 aliphatic heterocycles. The predicted molar refractivity (Wildman–Crippen MR) is 110 cm³/mol. The second-order valence-electron chi connectivity index (χ2n) is 6.72. The smallest absolute Gasteiger partial charge is 0.324 e. The Morgan fingerprint density at radius 1 is 0.889 bits per heavy atom. The van der Waals surface area contributed by atoms with Gasteiger partial charge in [-0.15, -0.1) is 0 Å². The van der Waals surface area contributed by atoms with Gasteiger partial charge in [0.2, 0.25) is 5.91 Å². The van der Waals surface area contributed by atoms with Crippen LogP contribution in [0.25, 0.3) is 11.0 Å². The van der Waals surface area contributed by atoms with Crippen LogP contribution < -0.4 is 11.0 Å². The van der Waals surface area contributed by atoms with Crippen molar-refractivity contribution in [1.82, 2.24) is 9.13 Å². The molecular formula is C22H27N3O2. The molecule has 3 aromatic rings. The Kier molecular flexibility index (Phi) is 5.79. The number of aromatic nitrogens is 2. The molecular weight excluding hydrogens is 338 g/mol. The first-order valence-electron chi connectivity index (χ1n) is 9.69. The van der Waals surface area contributed by atoms with Crippen molar-refractivity contribution < 1.29 is 4.79 Å². The van der Waals surface area contributed by atoms with Gasteiger partial charge in [-0.05, 0) is 42.5 Å². The molecule has 3 rings (SSSR count). The fraction of sp³-hybridized carbons (Fsp3) is 0.364. The summed E-state index contributed by atoms with van der Waals surface area (Å²) in [4.78, 5) is 25.7. The van der Waals surface area contributed by atoms with Gasteiger partial charge in [0.15, 0.2) is 0 Å². The number of rotatable bonds is 7. The molecule has 0 saturated carbocycles. The van der Waals surface area contributed by atoms with Crippen LogP contribution in [0.4, 0.5) is 5.69 Å². The van der Waals surface area contributed by atoms with Crippen LogP contribution >= 0.6 is 0 Å². The summed E-state index contributed by atoms with van der Waals surface area (Å²) in [6, 6.07) is 13.7. The van der Waals surface area contributed by atoms with Crippen molar-refractivity contribution in [2.45, 2.75) is 53.1 Å². The van der Waals surface area contributed by atoms with E-state index < -0.39 is 0 Å². The molecule has 1 N–H and O–H groups in total. The largest absolute Gasteiger partial charge is 0.329 e. The molecule has 0 unspecified atom stereocenters. The molecule has 0 saturated heterocycles. The quantitative estimate of drug-likeness (QED) is 0.689. The monoisotopic (exact) mass is 365 g/mol. The zero-order valence-electron chi connectivity index (χ0n) is 16.3. The average molecular weight is 365 g/mol. The van der Waals surface area contributed by atoms with Crippen molar-refractivity contribution in [3.05, 3.63) is 64.1 Å². The maximum Gasteiger partial charge on any atom is 0.329 e. The molecule has 0 bridgehead atoms. The van der Waals surface area contributed by atoms with E-state index in [0.717, 1.165) is 47.1 Å². The number of nitrogens with one attached hydrogen (secondary N) is 1. The van der Waals surface area contributed by atoms with E-state index in [1.54, 1.807) is 9.13 Å². The number of aryl methyl sites for hydroxylation is 3. The standard InChI is InChI=1S/C22H27N3O2/c1-4-14-24-18-12-7-8-13-19(18)25(22(24)27)15-20(26)23-21-16(5-2)10-9-11-17(21)6-3/h7-13H,4-6,14-15H2,1-3H3,(H,23,26). The molecule has 27 heavy (non-hydrogen) atoms. The number of hydrogen-bond donors (Lipinski definition) is 1. The van der Waals surface area contributed by atoms with Crippen molar-refractivity contribution in [3.8, 4) is 0 Å². The second-order valence-corrected chi connectivity index (χ2v) is 6.72. The Bertz CT molecular complexity index is 992. The van der Waals surface area contributed by atoms with Crippen LogP contribution in [0, 0.1) is 0 Å². The minimum Gasteiger partial charge on any atom is -0.324 e. The molecule has 0 fully saturated rings. The minimum absolute atomic E-state index is 0.0112. The van der Waals surface area contributed by atoms with E-state index in [1.807, 2.05) is 49.4 Å². The summed E-state index contributed by atoms with van der Waals surface area (Å²) in [7, 11) is 0. The Balaban J connectivity index is 1.94. The third-order valence-corrected chi connectivity index (χ3v) is 4.94. The third-order valence-electron chi connectivity index (χ3n) is 4.94. The average Bonchev–Trinajstić information content (AvgIpc) is 2.94. The number of benzene rings is 2. The molecule has 1 heterocycles. The van der Waals surface area contributed by atoms with E-state index in [-0.39, 0.29) is 18.1 Å². The van der Waals surface area contributed by atoms with Gasteiger partial charge in [-0.2, -0.15) is 0 Å². The fourth-order valence-corrected chi connectivity index (χ4v) is 3.59. The summed E-state index contributed by atoms with van der Waals surface area (Å²) >= 11 is 0. The van der Waals surface area contributed by atoms with Crippen molar-refractivity contribution in [1.29, 1.82) is 0 Å². The van der Waals surface area contributed by atoms with Gasteiger partial charge in [-0.25, -0.2) is 4.79 Å². The maximum absolute atomic E-state index is 12.9. The lowest BCUT2D eigenvalue weighted by molar-refractivity contribution is -0.116. The molecule has 0 spiro atoms. The Morgan fingerprint density at radius 2 is 1.48 bits per heavy atom. The first-order chi connectivity index (χ1) is 13.1. The summed E-state index contributed by atoms with van der Waals surface area (Å²) in [5, 5.41) is 3.05. The predicted octanol–water partition coefficient (Wildman–Crippen LogP) is 3.98. The Hall–Kier alpha value is -2.82. The number of hydrogen-bond acceptors (Lipinski definition) is 2. The van der Waals surface area contributed by atoms with Gasteiger partial charge in [0.1, 0.15) is 6.54 Å². The molecule has 0 aliphatic carbocycles. The Labute approximate surface area is 159 Å². The second kappa shape index (κ2) is 8.25. The van der Waals surface area contributed by atoms with Crippen LogP contribution in [-0.4, -0.2) is 15.0 Å². The van der Waals surface area contributed by atoms with Gasteiger partial charge in [0, 0.05) is 12.2 Å². The van der Waals surface area contributed by atoms with Crippen molar-refractivity contribution in [3.63, 3.8) is 0 Å². The van der Waals surface area contributed by atoms with Crippen LogP contribution in [0.1, 0.15) is 38.3 Å². The minimum atomic E-state index is -0.174. The van der Waals surface area contributed by atoms with Crippen LogP contribution in [0.3, 0.4) is 0 Å². The summed E-state index contributed by atoms with van der Waals surface area (Å²) in [6.45, 7) is 6.85. The SMILES string of the molecule is CCCn1c(=O)n(CC(=O)Nc2c(CC)cccc2CC)c2ccccc21. The van der Waals surface area contributed by atoms with Crippen LogP contribution in [0.5, 0.6) is 0 Å². The lowest BCUT2D eigenvalue weighted by Crippen LogP contribution is -2.29. The highest BCUT2D eigenvalue weighted by atomic mass is 16.2. The number of fused-ring (bicyclic) bond motifs is 1. The van der Waals surface area contributed by atoms with Gasteiger partial charge in [0.25, 0.3) is 0 Å². The first kappa shape index (κ1) is 19.0. The molecule has 5 nitrogen and oxygen atoms in total. The van der Waals surface area contributed by atoms with Crippen molar-refractivity contribution in [2.24, 2.45) is 0 Å². The number of amides is 1. The molecule has 2 aromatic carbocycles. The van der Waals surface area contributed by atoms with E-state index in [0.29, 0.717) is 6.54 Å². The zero-order chi connectivity index (χ0) is 19.4. The van der Waals surface area contributed by atoms with E-state index in [2.05, 4.69) is 19.2 Å². The number of carbonyl (C=O) groups is 1. The number of imidazole rings is 1. The molecule has 1 amide bonds. The number of para-hydroxylation sites is 3. The molecule has 0 aliphatic rings. The van der Waals surface area contributed by atoms with E-state index in [1.165, 1.54) is 0 Å². The van der Waals surface area contributed by atoms with E-state index in [4.69, 9.17) is 0 Å². The summed E-state index contributed by atoms with van der Waals surface area (Å²) in [6.07, 6.45) is 2.56. The van der Waals surface area contributed by atoms with Crippen LogP contribution in [-0.2, 0) is 30.7 Å². The molecule has 0 atom stereocenters. The molecule has 5 heteroatoms. The highest BCUT2D eigenvalue weighted by Gasteiger charge is 2.16. The number of nitrogens with zero attached hydrogens (tertiary/aromatic N) is 2. The highest BCUT2D eigenvalue weighted by molar-refractivity contribution is 5.93. The van der Waals surface area contributed by atoms with Gasteiger partial charge in [-0.1, -0.05) is 51.1 Å². The third kappa shape index (κ3) is 3.68. The van der Waals surface area contributed by atoms with Crippen molar-refractivity contribution in [2.75, 3.05) is 5.32 Å². The molecule has 142 valence electrons. The van der Waals surface area contributed by atoms with Gasteiger partial charge in [0.05, 0.1) is 11.0 Å². The normalized spacial score (nSPS) is 11.1. The van der Waals surface area contributed by atoms with Crippen LogP contribution in [0.15, 0.2) is 47.3 Å². The zero-order valence-corrected chi connectivity index (χ0v) is 16.3. The van der Waals surface area contributed by atoms with Gasteiger partial charge >= 0.3 is 5.69 Å². The summed E-state index contributed by atoms with van der Waals surface area (Å²) in [5.41, 5.74) is 4.66. The highest BCUT2D eigenvalue weighted by Crippen LogP contribution is 2.23. The number of anilines is 1. The summed E-state index contributed by atoms with van der Waals surface area (Å²) in [5.74, 6) is -0.174. The first-order valence-corrected chi connectivity index (χ1v) is 9.69. The van der Waals surface area contributed by atoms with Crippen molar-refractivity contribution >= 4 is 22.6 Å². The van der Waals surface area contributed by atoms with Gasteiger partial charge < -0.3 is 5.32 Å². The van der Waals surface area contributed by atoms with E-state index >= 15 is 0 Å². The topological polar surface area (TPSA) is 56.0 Å². The Morgan fingerprint density at radius 3 is 2.04 bits per heavy atom. The summed E-state index contributed by atoms with van der Waals surface area (Å²) < 4.78 is 3.32. The fourth-order valence-electron chi connectivity index (χ4n) is 3.59. The molecule has 0 radical (unpaired) electrons. The number of carbonyl (C=O) groups excluding carboxylic acids is 1. The van der Waals surface area contributed by atoms with Crippen LogP contribution in [0.2, 0.25) is 0 Å². The van der Waals surface area contributed by atoms with E-state index in [9.17, 15) is 9.59 Å². The molecule has 1 aromatic heterocycles. The van der Waals surface area contributed by atoms with Gasteiger partial charge in [-0.3, -0.25) is 13.9 Å². The lowest BCUT2D eigenvalue weighted by Gasteiger charge is -2.14. The maximum atomic E-state index is 12.9.